The molecule has 1 atom stereocenters. The third-order valence-corrected chi connectivity index (χ3v) is 8.05. The Morgan fingerprint density at radius 3 is 1.51 bits per heavy atom. The Labute approximate surface area is 259 Å². The average Bonchev–Trinajstić information content (AvgIpc) is 2.80. The van der Waals surface area contributed by atoms with Crippen LogP contribution in [0, 0.1) is 0 Å². The van der Waals surface area contributed by atoms with Gasteiger partial charge in [0, 0.05) is 17.5 Å². The first-order chi connectivity index (χ1) is 19.4. The fraction of sp³-hybridized carbons (Fsp3) is 0.622. The molecule has 0 radical (unpaired) electrons. The molecule has 240 valence electrons. The number of carbonyl (C=O) groups is 2. The summed E-state index contributed by atoms with van der Waals surface area (Å²) >= 11 is 0. The zero-order valence-corrected chi connectivity index (χ0v) is 28.9. The second-order valence-electron chi connectivity index (χ2n) is 16.2. The maximum atomic E-state index is 13.7. The molecule has 0 aliphatic carbocycles. The van der Waals surface area contributed by atoms with E-state index in [0.29, 0.717) is 39.8 Å². The smallest absolute Gasteiger partial charge is 0.308 e. The fourth-order valence-corrected chi connectivity index (χ4v) is 5.64. The first-order valence-corrected chi connectivity index (χ1v) is 15.6. The molecule has 0 aliphatic rings. The number of aromatic hydroxyl groups is 2. The Morgan fingerprint density at radius 1 is 0.651 bits per heavy atom. The molecular formula is C37H56O6. The molecule has 43 heavy (non-hydrogen) atoms. The van der Waals surface area contributed by atoms with Gasteiger partial charge in [-0.2, -0.15) is 0 Å². The fourth-order valence-electron chi connectivity index (χ4n) is 5.64. The lowest BCUT2D eigenvalue weighted by atomic mass is 9.69. The van der Waals surface area contributed by atoms with Crippen molar-refractivity contribution in [1.29, 1.82) is 0 Å². The Kier molecular flexibility index (Phi) is 10.5. The molecule has 1 unspecified atom stereocenters. The van der Waals surface area contributed by atoms with Crippen molar-refractivity contribution in [2.45, 2.75) is 149 Å². The van der Waals surface area contributed by atoms with E-state index >= 15 is 0 Å². The van der Waals surface area contributed by atoms with Crippen LogP contribution in [0.15, 0.2) is 24.3 Å². The Morgan fingerprint density at radius 2 is 1.12 bits per heavy atom. The van der Waals surface area contributed by atoms with Gasteiger partial charge in [-0.15, -0.1) is 0 Å². The largest absolute Gasteiger partial charge is 0.508 e. The highest BCUT2D eigenvalue weighted by atomic mass is 16.6. The van der Waals surface area contributed by atoms with Crippen molar-refractivity contribution in [3.05, 3.63) is 57.6 Å². The van der Waals surface area contributed by atoms with E-state index in [1.54, 1.807) is 6.07 Å². The summed E-state index contributed by atoms with van der Waals surface area (Å²) in [5, 5.41) is 33.3. The highest BCUT2D eigenvalue weighted by Gasteiger charge is 2.46. The number of benzene rings is 2. The number of phenolic OH excluding ortho intramolecular Hbond substituents is 2. The number of phenols is 2. The van der Waals surface area contributed by atoms with E-state index in [-0.39, 0.29) is 17.9 Å². The molecule has 3 N–H and O–H groups in total. The van der Waals surface area contributed by atoms with Gasteiger partial charge in [0.05, 0.1) is 6.42 Å². The van der Waals surface area contributed by atoms with Gasteiger partial charge < -0.3 is 20.1 Å². The number of unbranched alkanes of at least 4 members (excludes halogenated alkanes) is 2. The lowest BCUT2D eigenvalue weighted by molar-refractivity contribution is -0.162. The van der Waals surface area contributed by atoms with Crippen molar-refractivity contribution < 1.29 is 29.6 Å². The number of ether oxygens (including phenoxy) is 1. The molecule has 0 aliphatic heterocycles. The van der Waals surface area contributed by atoms with Gasteiger partial charge in [-0.25, -0.2) is 0 Å². The van der Waals surface area contributed by atoms with Crippen molar-refractivity contribution in [3.8, 4) is 11.5 Å². The highest BCUT2D eigenvalue weighted by molar-refractivity contribution is 5.75. The molecule has 2 aromatic rings. The summed E-state index contributed by atoms with van der Waals surface area (Å²) in [5.41, 5.74) is -0.174. The van der Waals surface area contributed by atoms with E-state index in [0.717, 1.165) is 12.8 Å². The molecule has 2 aromatic carbocycles. The molecule has 0 spiro atoms. The number of carboxylic acids is 1. The van der Waals surface area contributed by atoms with Gasteiger partial charge in [0.2, 0.25) is 0 Å². The van der Waals surface area contributed by atoms with Crippen LogP contribution in [-0.2, 0) is 41.6 Å². The number of aliphatic carboxylic acids is 1. The van der Waals surface area contributed by atoms with Crippen LogP contribution in [0.3, 0.4) is 0 Å². The van der Waals surface area contributed by atoms with Gasteiger partial charge in [-0.05, 0) is 74.6 Å². The van der Waals surface area contributed by atoms with Crippen LogP contribution in [0.2, 0.25) is 0 Å². The lowest BCUT2D eigenvalue weighted by Gasteiger charge is -2.40. The third-order valence-electron chi connectivity index (χ3n) is 8.05. The highest BCUT2D eigenvalue weighted by Crippen LogP contribution is 2.50. The molecule has 0 fully saturated rings. The molecule has 6 heteroatoms. The van der Waals surface area contributed by atoms with Crippen molar-refractivity contribution >= 4 is 11.9 Å². The molecule has 0 aromatic heterocycles. The predicted octanol–water partition coefficient (Wildman–Crippen LogP) is 9.13. The topological polar surface area (TPSA) is 104 Å². The number of hydrogen-bond acceptors (Lipinski definition) is 5. The summed E-state index contributed by atoms with van der Waals surface area (Å²) in [6.07, 6.45) is 2.03. The molecule has 6 nitrogen and oxygen atoms in total. The maximum absolute atomic E-state index is 13.7. The average molecular weight is 597 g/mol. The van der Waals surface area contributed by atoms with E-state index in [2.05, 4.69) is 6.92 Å². The van der Waals surface area contributed by atoms with Gasteiger partial charge in [-0.3, -0.25) is 9.59 Å². The van der Waals surface area contributed by atoms with Crippen molar-refractivity contribution in [3.63, 3.8) is 0 Å². The number of hydrogen-bond donors (Lipinski definition) is 3. The number of rotatable bonds is 9. The van der Waals surface area contributed by atoms with Crippen molar-refractivity contribution in [2.75, 3.05) is 0 Å². The van der Waals surface area contributed by atoms with Crippen molar-refractivity contribution in [2.24, 2.45) is 0 Å². The standard InChI is InChI=1S/C37H56O6/c1-14-15-16-17-31(41)43-37(22-30(39)40,23-18-27(35(8,9)10)32(42)28(19-23)36(11,12)13)25-20-26(34(5,6)7)29(38)21-24(25)33(2,3)4/h18-21,38,42H,14-17,22H2,1-13H3,(H,39,40). The zero-order valence-electron chi connectivity index (χ0n) is 28.9. The summed E-state index contributed by atoms with van der Waals surface area (Å²) in [5.74, 6) is -1.35. The Hall–Kier alpha value is -3.02. The molecule has 0 heterocycles. The van der Waals surface area contributed by atoms with Crippen molar-refractivity contribution in [1.82, 2.24) is 0 Å². The van der Waals surface area contributed by atoms with Crippen LogP contribution in [0.5, 0.6) is 11.5 Å². The summed E-state index contributed by atoms with van der Waals surface area (Å²) < 4.78 is 6.50. The number of esters is 1. The number of carboxylic acid groups (broad SMARTS) is 1. The normalized spacial score (nSPS) is 14.3. The number of carbonyl (C=O) groups excluding carboxylic acids is 1. The van der Waals surface area contributed by atoms with Crippen LogP contribution >= 0.6 is 0 Å². The van der Waals surface area contributed by atoms with E-state index < -0.39 is 45.6 Å². The predicted molar refractivity (Wildman–Crippen MR) is 174 cm³/mol. The summed E-state index contributed by atoms with van der Waals surface area (Å²) in [7, 11) is 0. The van der Waals surface area contributed by atoms with Crippen LogP contribution in [0.4, 0.5) is 0 Å². The molecule has 0 saturated heterocycles. The SMILES string of the molecule is CCCCCC(=O)OC(CC(=O)O)(c1cc(C(C)(C)C)c(O)c(C(C)(C)C)c1)c1cc(C(C)(C)C)c(O)cc1C(C)(C)C. The molecule has 0 saturated carbocycles. The van der Waals surface area contributed by atoms with Crippen LogP contribution in [-0.4, -0.2) is 27.3 Å². The van der Waals surface area contributed by atoms with Gasteiger partial charge in [0.1, 0.15) is 11.5 Å². The molecule has 2 rings (SSSR count). The van der Waals surface area contributed by atoms with E-state index in [9.17, 15) is 24.9 Å². The van der Waals surface area contributed by atoms with E-state index in [1.165, 1.54) is 0 Å². The van der Waals surface area contributed by atoms with Crippen LogP contribution < -0.4 is 0 Å². The molecular weight excluding hydrogens is 540 g/mol. The minimum Gasteiger partial charge on any atom is -0.508 e. The maximum Gasteiger partial charge on any atom is 0.308 e. The van der Waals surface area contributed by atoms with Gasteiger partial charge in [0.15, 0.2) is 5.60 Å². The van der Waals surface area contributed by atoms with Gasteiger partial charge in [-0.1, -0.05) is 103 Å². The Bertz CT molecular complexity index is 1290. The summed E-state index contributed by atoms with van der Waals surface area (Å²) in [6.45, 7) is 25.9. The first kappa shape index (κ1) is 36.2. The summed E-state index contributed by atoms with van der Waals surface area (Å²) in [6, 6.07) is 7.15. The van der Waals surface area contributed by atoms with Gasteiger partial charge >= 0.3 is 11.9 Å². The van der Waals surface area contributed by atoms with E-state index in [1.807, 2.05) is 101 Å². The molecule has 0 amide bonds. The zero-order chi connectivity index (χ0) is 33.3. The van der Waals surface area contributed by atoms with E-state index in [4.69, 9.17) is 4.74 Å². The summed E-state index contributed by atoms with van der Waals surface area (Å²) in [4.78, 5) is 26.5. The van der Waals surface area contributed by atoms with Gasteiger partial charge in [0.25, 0.3) is 0 Å². The minimum absolute atomic E-state index is 0.108. The van der Waals surface area contributed by atoms with Crippen LogP contribution in [0.1, 0.15) is 155 Å². The lowest BCUT2D eigenvalue weighted by Crippen LogP contribution is -2.39. The minimum atomic E-state index is -1.74. The second-order valence-corrected chi connectivity index (χ2v) is 16.2. The third kappa shape index (κ3) is 8.33. The quantitative estimate of drug-likeness (QED) is 0.197. The Balaban J connectivity index is 3.29. The second kappa shape index (κ2) is 12.5. The monoisotopic (exact) mass is 596 g/mol. The van der Waals surface area contributed by atoms with Crippen LogP contribution in [0.25, 0.3) is 0 Å². The molecule has 0 bridgehead atoms. The first-order valence-electron chi connectivity index (χ1n) is 15.6.